The van der Waals surface area contributed by atoms with Gasteiger partial charge < -0.3 is 15.0 Å². The molecular formula is C17H29N3O. The SMILES string of the molecule is CN(CCCNCCN1CCOCC1)Cc1ccccc1. The van der Waals surface area contributed by atoms with E-state index in [1.807, 2.05) is 0 Å². The molecule has 0 bridgehead atoms. The number of hydrogen-bond donors (Lipinski definition) is 1. The molecule has 0 atom stereocenters. The van der Waals surface area contributed by atoms with Crippen molar-refractivity contribution in [3.05, 3.63) is 35.9 Å². The van der Waals surface area contributed by atoms with Crippen molar-refractivity contribution >= 4 is 0 Å². The number of morpholine rings is 1. The van der Waals surface area contributed by atoms with Gasteiger partial charge >= 0.3 is 0 Å². The Kier molecular flexibility index (Phi) is 7.75. The van der Waals surface area contributed by atoms with Gasteiger partial charge in [0.05, 0.1) is 13.2 Å². The highest BCUT2D eigenvalue weighted by Gasteiger charge is 2.08. The Bertz CT molecular complexity index is 366. The number of nitrogens with zero attached hydrogens (tertiary/aromatic N) is 2. The summed E-state index contributed by atoms with van der Waals surface area (Å²) in [6.07, 6.45) is 1.20. The van der Waals surface area contributed by atoms with Crippen LogP contribution in [0.1, 0.15) is 12.0 Å². The summed E-state index contributed by atoms with van der Waals surface area (Å²) < 4.78 is 5.35. The lowest BCUT2D eigenvalue weighted by Gasteiger charge is -2.26. The minimum Gasteiger partial charge on any atom is -0.379 e. The zero-order chi connectivity index (χ0) is 14.8. The van der Waals surface area contributed by atoms with E-state index in [0.29, 0.717) is 0 Å². The maximum atomic E-state index is 5.35. The Morgan fingerprint density at radius 2 is 1.90 bits per heavy atom. The number of benzene rings is 1. The van der Waals surface area contributed by atoms with E-state index in [0.717, 1.165) is 59.0 Å². The van der Waals surface area contributed by atoms with E-state index < -0.39 is 0 Å². The molecule has 1 aromatic rings. The third-order valence-electron chi connectivity index (χ3n) is 3.90. The van der Waals surface area contributed by atoms with Crippen LogP contribution in [-0.4, -0.2) is 69.3 Å². The summed E-state index contributed by atoms with van der Waals surface area (Å²) in [7, 11) is 2.20. The number of rotatable bonds is 9. The van der Waals surface area contributed by atoms with Crippen LogP contribution < -0.4 is 5.32 Å². The Balaban J connectivity index is 1.45. The summed E-state index contributed by atoms with van der Waals surface area (Å²) in [5.74, 6) is 0. The predicted octanol–water partition coefficient (Wildman–Crippen LogP) is 1.43. The Morgan fingerprint density at radius 1 is 1.14 bits per heavy atom. The highest BCUT2D eigenvalue weighted by atomic mass is 16.5. The molecule has 1 aliphatic rings. The second-order valence-electron chi connectivity index (χ2n) is 5.78. The fraction of sp³-hybridized carbons (Fsp3) is 0.647. The van der Waals surface area contributed by atoms with Crippen LogP contribution in [0.15, 0.2) is 30.3 Å². The summed E-state index contributed by atoms with van der Waals surface area (Å²) in [4.78, 5) is 4.86. The molecule has 21 heavy (non-hydrogen) atoms. The molecule has 1 saturated heterocycles. The molecule has 0 spiro atoms. The van der Waals surface area contributed by atoms with Gasteiger partial charge in [0, 0.05) is 32.7 Å². The van der Waals surface area contributed by atoms with Crippen molar-refractivity contribution in [2.45, 2.75) is 13.0 Å². The van der Waals surface area contributed by atoms with Crippen molar-refractivity contribution in [2.24, 2.45) is 0 Å². The summed E-state index contributed by atoms with van der Waals surface area (Å²) in [6.45, 7) is 9.46. The molecule has 2 rings (SSSR count). The second kappa shape index (κ2) is 9.90. The molecule has 1 heterocycles. The van der Waals surface area contributed by atoms with Gasteiger partial charge in [0.15, 0.2) is 0 Å². The number of hydrogen-bond acceptors (Lipinski definition) is 4. The van der Waals surface area contributed by atoms with Crippen molar-refractivity contribution in [3.63, 3.8) is 0 Å². The normalized spacial score (nSPS) is 16.5. The van der Waals surface area contributed by atoms with E-state index in [-0.39, 0.29) is 0 Å². The molecule has 1 fully saturated rings. The standard InChI is InChI=1S/C17H29N3O/c1-19(16-17-6-3-2-4-7-17)10-5-8-18-9-11-20-12-14-21-15-13-20/h2-4,6-7,18H,5,8-16H2,1H3. The van der Waals surface area contributed by atoms with E-state index in [4.69, 9.17) is 4.74 Å². The molecule has 1 aliphatic heterocycles. The van der Waals surface area contributed by atoms with Crippen molar-refractivity contribution in [1.29, 1.82) is 0 Å². The van der Waals surface area contributed by atoms with Gasteiger partial charge in [-0.1, -0.05) is 30.3 Å². The molecule has 0 saturated carbocycles. The van der Waals surface area contributed by atoms with Gasteiger partial charge in [0.2, 0.25) is 0 Å². The summed E-state index contributed by atoms with van der Waals surface area (Å²) in [5.41, 5.74) is 1.39. The van der Waals surface area contributed by atoms with Crippen molar-refractivity contribution < 1.29 is 4.74 Å². The van der Waals surface area contributed by atoms with Gasteiger partial charge in [0.1, 0.15) is 0 Å². The van der Waals surface area contributed by atoms with Crippen LogP contribution in [0.3, 0.4) is 0 Å². The highest BCUT2D eigenvalue weighted by Crippen LogP contribution is 2.02. The quantitative estimate of drug-likeness (QED) is 0.697. The average molecular weight is 291 g/mol. The first-order valence-corrected chi connectivity index (χ1v) is 8.08. The largest absolute Gasteiger partial charge is 0.379 e. The fourth-order valence-corrected chi connectivity index (χ4v) is 2.64. The molecule has 0 radical (unpaired) electrons. The Morgan fingerprint density at radius 3 is 2.67 bits per heavy atom. The molecule has 0 amide bonds. The van der Waals surface area contributed by atoms with Gasteiger partial charge in [-0.15, -0.1) is 0 Å². The zero-order valence-corrected chi connectivity index (χ0v) is 13.3. The van der Waals surface area contributed by atoms with Crippen LogP contribution in [-0.2, 0) is 11.3 Å². The smallest absolute Gasteiger partial charge is 0.0594 e. The van der Waals surface area contributed by atoms with Crippen molar-refractivity contribution in [2.75, 3.05) is 59.5 Å². The molecular weight excluding hydrogens is 262 g/mol. The number of ether oxygens (including phenoxy) is 1. The topological polar surface area (TPSA) is 27.7 Å². The third-order valence-corrected chi connectivity index (χ3v) is 3.90. The molecule has 0 aromatic heterocycles. The third kappa shape index (κ3) is 7.05. The molecule has 0 aliphatic carbocycles. The van der Waals surface area contributed by atoms with Gasteiger partial charge in [-0.3, -0.25) is 4.90 Å². The van der Waals surface area contributed by atoms with Crippen molar-refractivity contribution in [1.82, 2.24) is 15.1 Å². The van der Waals surface area contributed by atoms with E-state index in [9.17, 15) is 0 Å². The second-order valence-corrected chi connectivity index (χ2v) is 5.78. The lowest BCUT2D eigenvalue weighted by molar-refractivity contribution is 0.0384. The summed E-state index contributed by atoms with van der Waals surface area (Å²) >= 11 is 0. The van der Waals surface area contributed by atoms with Gasteiger partial charge in [-0.25, -0.2) is 0 Å². The monoisotopic (exact) mass is 291 g/mol. The number of nitrogens with one attached hydrogen (secondary N) is 1. The van der Waals surface area contributed by atoms with Crippen molar-refractivity contribution in [3.8, 4) is 0 Å². The Labute approximate surface area is 129 Å². The Hall–Kier alpha value is -0.940. The first-order chi connectivity index (χ1) is 10.3. The summed E-state index contributed by atoms with van der Waals surface area (Å²) in [5, 5.41) is 3.54. The molecule has 4 nitrogen and oxygen atoms in total. The van der Waals surface area contributed by atoms with Crippen LogP contribution in [0.4, 0.5) is 0 Å². The van der Waals surface area contributed by atoms with E-state index in [1.165, 1.54) is 12.0 Å². The lowest BCUT2D eigenvalue weighted by Crippen LogP contribution is -2.40. The van der Waals surface area contributed by atoms with E-state index in [2.05, 4.69) is 52.5 Å². The lowest BCUT2D eigenvalue weighted by atomic mass is 10.2. The van der Waals surface area contributed by atoms with Crippen LogP contribution in [0.5, 0.6) is 0 Å². The minimum absolute atomic E-state index is 0.893. The van der Waals surface area contributed by atoms with E-state index in [1.54, 1.807) is 0 Å². The molecule has 4 heteroatoms. The van der Waals surface area contributed by atoms with E-state index >= 15 is 0 Å². The highest BCUT2D eigenvalue weighted by molar-refractivity contribution is 5.14. The molecule has 1 N–H and O–H groups in total. The summed E-state index contributed by atoms with van der Waals surface area (Å²) in [6, 6.07) is 10.7. The maximum Gasteiger partial charge on any atom is 0.0594 e. The molecule has 118 valence electrons. The van der Waals surface area contributed by atoms with Gasteiger partial charge in [0.25, 0.3) is 0 Å². The molecule has 0 unspecified atom stereocenters. The molecule has 1 aromatic carbocycles. The van der Waals surface area contributed by atoms with Crippen LogP contribution in [0, 0.1) is 0 Å². The first-order valence-electron chi connectivity index (χ1n) is 8.08. The first kappa shape index (κ1) is 16.4. The minimum atomic E-state index is 0.893. The predicted molar refractivity (Wildman–Crippen MR) is 87.5 cm³/mol. The van der Waals surface area contributed by atoms with Crippen LogP contribution in [0.2, 0.25) is 0 Å². The zero-order valence-electron chi connectivity index (χ0n) is 13.3. The van der Waals surface area contributed by atoms with Crippen LogP contribution >= 0.6 is 0 Å². The fourth-order valence-electron chi connectivity index (χ4n) is 2.64. The maximum absolute atomic E-state index is 5.35. The van der Waals surface area contributed by atoms with Gasteiger partial charge in [-0.2, -0.15) is 0 Å². The average Bonchev–Trinajstić information content (AvgIpc) is 2.53. The van der Waals surface area contributed by atoms with Crippen LogP contribution in [0.25, 0.3) is 0 Å². The van der Waals surface area contributed by atoms with Gasteiger partial charge in [-0.05, 0) is 32.1 Å².